The van der Waals surface area contributed by atoms with Crippen LogP contribution in [0, 0.1) is 15.5 Å². The summed E-state index contributed by atoms with van der Waals surface area (Å²) in [5, 5.41) is 13.8. The highest BCUT2D eigenvalue weighted by atomic mass is 35.5. The van der Waals surface area contributed by atoms with Crippen molar-refractivity contribution in [2.24, 2.45) is 5.41 Å². The fraction of sp³-hybridized carbons (Fsp3) is 0.545. The first-order valence-electron chi connectivity index (χ1n) is 5.34. The molecular formula is C11H16ClN3O2. The highest BCUT2D eigenvalue weighted by Gasteiger charge is 2.12. The van der Waals surface area contributed by atoms with Gasteiger partial charge in [-0.05, 0) is 11.8 Å². The van der Waals surface area contributed by atoms with Gasteiger partial charge in [-0.3, -0.25) is 10.1 Å². The highest BCUT2D eigenvalue weighted by molar-refractivity contribution is 6.29. The minimum absolute atomic E-state index is 0.0525. The quantitative estimate of drug-likeness (QED) is 0.509. The van der Waals surface area contributed by atoms with Crippen molar-refractivity contribution in [3.8, 4) is 0 Å². The molecule has 0 aliphatic carbocycles. The van der Waals surface area contributed by atoms with E-state index in [0.29, 0.717) is 12.4 Å². The van der Waals surface area contributed by atoms with Gasteiger partial charge in [0.15, 0.2) is 0 Å². The van der Waals surface area contributed by atoms with Gasteiger partial charge >= 0.3 is 0 Å². The molecule has 0 unspecified atom stereocenters. The van der Waals surface area contributed by atoms with Gasteiger partial charge in [-0.15, -0.1) is 0 Å². The second-order valence-electron chi connectivity index (χ2n) is 5.03. The zero-order chi connectivity index (χ0) is 13.1. The topological polar surface area (TPSA) is 68.1 Å². The van der Waals surface area contributed by atoms with Crippen LogP contribution in [0.1, 0.15) is 27.2 Å². The number of pyridine rings is 1. The van der Waals surface area contributed by atoms with Crippen LogP contribution >= 0.6 is 11.6 Å². The average Bonchev–Trinajstić information content (AvgIpc) is 2.14. The minimum Gasteiger partial charge on any atom is -0.370 e. The van der Waals surface area contributed by atoms with Gasteiger partial charge in [0.05, 0.1) is 17.1 Å². The third kappa shape index (κ3) is 4.99. The summed E-state index contributed by atoms with van der Waals surface area (Å²) in [4.78, 5) is 14.1. The molecule has 0 fully saturated rings. The molecule has 0 aromatic carbocycles. The van der Waals surface area contributed by atoms with E-state index in [0.717, 1.165) is 6.42 Å². The summed E-state index contributed by atoms with van der Waals surface area (Å²) in [6, 6.07) is 2.62. The van der Waals surface area contributed by atoms with Crippen LogP contribution in [-0.4, -0.2) is 16.5 Å². The molecule has 1 rings (SSSR count). The van der Waals surface area contributed by atoms with Crippen molar-refractivity contribution in [2.45, 2.75) is 27.2 Å². The second kappa shape index (κ2) is 5.31. The van der Waals surface area contributed by atoms with Crippen LogP contribution in [0.2, 0.25) is 5.15 Å². The smallest absolute Gasteiger partial charge is 0.276 e. The van der Waals surface area contributed by atoms with E-state index in [-0.39, 0.29) is 16.3 Å². The Labute approximate surface area is 105 Å². The van der Waals surface area contributed by atoms with E-state index in [4.69, 9.17) is 11.6 Å². The zero-order valence-electron chi connectivity index (χ0n) is 10.2. The Morgan fingerprint density at radius 1 is 1.47 bits per heavy atom. The summed E-state index contributed by atoms with van der Waals surface area (Å²) in [5.41, 5.74) is 0.153. The van der Waals surface area contributed by atoms with E-state index in [1.165, 1.54) is 12.1 Å². The molecule has 0 aliphatic rings. The van der Waals surface area contributed by atoms with Crippen molar-refractivity contribution in [3.05, 3.63) is 27.4 Å². The number of nitrogens with zero attached hydrogens (tertiary/aromatic N) is 2. The van der Waals surface area contributed by atoms with E-state index < -0.39 is 4.92 Å². The summed E-state index contributed by atoms with van der Waals surface area (Å²) >= 11 is 5.71. The fourth-order valence-electron chi connectivity index (χ4n) is 1.24. The van der Waals surface area contributed by atoms with E-state index in [2.05, 4.69) is 31.1 Å². The van der Waals surface area contributed by atoms with Gasteiger partial charge in [-0.25, -0.2) is 4.98 Å². The SMILES string of the molecule is CC(C)(C)CCNc1cc([N+](=O)[O-])cc(Cl)n1. The average molecular weight is 258 g/mol. The molecule has 0 bridgehead atoms. The van der Waals surface area contributed by atoms with E-state index in [9.17, 15) is 10.1 Å². The number of nitro groups is 1. The van der Waals surface area contributed by atoms with E-state index in [1.807, 2.05) is 0 Å². The van der Waals surface area contributed by atoms with Crippen LogP contribution in [0.25, 0.3) is 0 Å². The molecule has 0 spiro atoms. The molecule has 0 amide bonds. The molecule has 1 aromatic heterocycles. The predicted octanol–water partition coefficient (Wildman–Crippen LogP) is 3.49. The lowest BCUT2D eigenvalue weighted by Crippen LogP contribution is -2.13. The van der Waals surface area contributed by atoms with Gasteiger partial charge in [0.2, 0.25) is 0 Å². The fourth-order valence-corrected chi connectivity index (χ4v) is 1.45. The predicted molar refractivity (Wildman–Crippen MR) is 68.5 cm³/mol. The Hall–Kier alpha value is -1.36. The molecule has 1 aromatic rings. The van der Waals surface area contributed by atoms with Crippen molar-refractivity contribution >= 4 is 23.1 Å². The Bertz CT molecular complexity index is 416. The van der Waals surface area contributed by atoms with Gasteiger partial charge < -0.3 is 5.32 Å². The molecule has 0 atom stereocenters. The third-order valence-electron chi connectivity index (χ3n) is 2.17. The Morgan fingerprint density at radius 2 is 2.12 bits per heavy atom. The number of rotatable bonds is 4. The van der Waals surface area contributed by atoms with Gasteiger partial charge in [0.1, 0.15) is 11.0 Å². The van der Waals surface area contributed by atoms with Gasteiger partial charge in [0.25, 0.3) is 5.69 Å². The summed E-state index contributed by atoms with van der Waals surface area (Å²) in [7, 11) is 0. The summed E-state index contributed by atoms with van der Waals surface area (Å²) in [6.07, 6.45) is 0.939. The number of hydrogen-bond acceptors (Lipinski definition) is 4. The molecule has 1 N–H and O–H groups in total. The zero-order valence-corrected chi connectivity index (χ0v) is 10.9. The number of hydrogen-bond donors (Lipinski definition) is 1. The lowest BCUT2D eigenvalue weighted by molar-refractivity contribution is -0.384. The van der Waals surface area contributed by atoms with Crippen molar-refractivity contribution in [3.63, 3.8) is 0 Å². The van der Waals surface area contributed by atoms with Crippen molar-refractivity contribution in [1.82, 2.24) is 4.98 Å². The maximum absolute atomic E-state index is 10.6. The second-order valence-corrected chi connectivity index (χ2v) is 5.42. The molecule has 94 valence electrons. The van der Waals surface area contributed by atoms with Crippen LogP contribution in [0.5, 0.6) is 0 Å². The third-order valence-corrected chi connectivity index (χ3v) is 2.36. The molecule has 0 aliphatic heterocycles. The first kappa shape index (κ1) is 13.7. The maximum Gasteiger partial charge on any atom is 0.276 e. The lowest BCUT2D eigenvalue weighted by Gasteiger charge is -2.18. The van der Waals surface area contributed by atoms with Crippen LogP contribution in [0.3, 0.4) is 0 Å². The molecule has 0 radical (unpaired) electrons. The molecule has 0 saturated carbocycles. The van der Waals surface area contributed by atoms with Crippen molar-refractivity contribution in [1.29, 1.82) is 0 Å². The van der Waals surface area contributed by atoms with Crippen LogP contribution in [0.15, 0.2) is 12.1 Å². The Balaban J connectivity index is 2.68. The molecule has 17 heavy (non-hydrogen) atoms. The summed E-state index contributed by atoms with van der Waals surface area (Å²) in [5.74, 6) is 0.438. The molecule has 1 heterocycles. The number of anilines is 1. The van der Waals surface area contributed by atoms with Crippen LogP contribution in [-0.2, 0) is 0 Å². The first-order chi connectivity index (χ1) is 7.78. The van der Waals surface area contributed by atoms with Gasteiger partial charge in [-0.2, -0.15) is 0 Å². The minimum atomic E-state index is -0.484. The van der Waals surface area contributed by atoms with Gasteiger partial charge in [-0.1, -0.05) is 32.4 Å². The molecular weight excluding hydrogens is 242 g/mol. The largest absolute Gasteiger partial charge is 0.370 e. The summed E-state index contributed by atoms with van der Waals surface area (Å²) < 4.78 is 0. The van der Waals surface area contributed by atoms with Gasteiger partial charge in [0, 0.05) is 6.54 Å². The van der Waals surface area contributed by atoms with Crippen LogP contribution < -0.4 is 5.32 Å². The normalized spacial score (nSPS) is 11.3. The standard InChI is InChI=1S/C11H16ClN3O2/c1-11(2,3)4-5-13-10-7-8(15(16)17)6-9(12)14-10/h6-7H,4-5H2,1-3H3,(H,13,14). The maximum atomic E-state index is 10.6. The molecule has 6 heteroatoms. The van der Waals surface area contributed by atoms with Crippen molar-refractivity contribution < 1.29 is 4.92 Å². The number of nitrogens with one attached hydrogen (secondary N) is 1. The van der Waals surface area contributed by atoms with E-state index in [1.54, 1.807) is 0 Å². The monoisotopic (exact) mass is 257 g/mol. The number of aromatic nitrogens is 1. The van der Waals surface area contributed by atoms with E-state index >= 15 is 0 Å². The van der Waals surface area contributed by atoms with Crippen LogP contribution in [0.4, 0.5) is 11.5 Å². The Morgan fingerprint density at radius 3 is 2.65 bits per heavy atom. The Kier molecular flexibility index (Phi) is 4.28. The summed E-state index contributed by atoms with van der Waals surface area (Å²) in [6.45, 7) is 7.08. The lowest BCUT2D eigenvalue weighted by atomic mass is 9.92. The first-order valence-corrected chi connectivity index (χ1v) is 5.71. The number of halogens is 1. The highest BCUT2D eigenvalue weighted by Crippen LogP contribution is 2.22. The molecule has 5 nitrogen and oxygen atoms in total. The molecule has 0 saturated heterocycles. The van der Waals surface area contributed by atoms with Crippen molar-refractivity contribution in [2.75, 3.05) is 11.9 Å².